The molecule has 1 aromatic heterocycles. The van der Waals surface area contributed by atoms with E-state index in [9.17, 15) is 4.79 Å². The zero-order valence-electron chi connectivity index (χ0n) is 13.3. The normalized spacial score (nSPS) is 11.1. The lowest BCUT2D eigenvalue weighted by Gasteiger charge is -2.10. The first-order chi connectivity index (χ1) is 10.1. The third-order valence-corrected chi connectivity index (χ3v) is 2.88. The van der Waals surface area contributed by atoms with Crippen molar-refractivity contribution >= 4 is 5.97 Å². The van der Waals surface area contributed by atoms with Crippen molar-refractivity contribution in [1.29, 1.82) is 0 Å². The SMILES string of the molecule is CCOC(=O)c1nnn(CCCOCCOC)c1C(C)C. The molecule has 7 nitrogen and oxygen atoms in total. The second kappa shape index (κ2) is 9.46. The number of aryl methyl sites for hydroxylation is 1. The summed E-state index contributed by atoms with van der Waals surface area (Å²) in [5.74, 6) is -0.266. The molecule has 0 spiro atoms. The van der Waals surface area contributed by atoms with Crippen LogP contribution in [0.3, 0.4) is 0 Å². The second-order valence-electron chi connectivity index (χ2n) is 4.88. The maximum absolute atomic E-state index is 11.9. The summed E-state index contributed by atoms with van der Waals surface area (Å²) in [7, 11) is 1.64. The lowest BCUT2D eigenvalue weighted by atomic mass is 10.1. The Morgan fingerprint density at radius 3 is 2.67 bits per heavy atom. The van der Waals surface area contributed by atoms with Crippen LogP contribution in [0.25, 0.3) is 0 Å². The van der Waals surface area contributed by atoms with Gasteiger partial charge in [-0.3, -0.25) is 0 Å². The molecule has 0 saturated carbocycles. The van der Waals surface area contributed by atoms with Gasteiger partial charge in [0.2, 0.25) is 0 Å². The van der Waals surface area contributed by atoms with E-state index in [1.54, 1.807) is 18.7 Å². The fraction of sp³-hybridized carbons (Fsp3) is 0.786. The summed E-state index contributed by atoms with van der Waals surface area (Å²) >= 11 is 0. The number of nitrogens with zero attached hydrogens (tertiary/aromatic N) is 3. The Labute approximate surface area is 125 Å². The third kappa shape index (κ3) is 5.43. The summed E-state index contributed by atoms with van der Waals surface area (Å²) in [6, 6.07) is 0. The molecule has 0 saturated heterocycles. The Hall–Kier alpha value is -1.47. The van der Waals surface area contributed by atoms with Gasteiger partial charge in [-0.1, -0.05) is 19.1 Å². The molecular formula is C14H25N3O4. The highest BCUT2D eigenvalue weighted by atomic mass is 16.5. The first kappa shape index (κ1) is 17.6. The van der Waals surface area contributed by atoms with E-state index in [1.807, 2.05) is 13.8 Å². The quantitative estimate of drug-likeness (QED) is 0.483. The van der Waals surface area contributed by atoms with Crippen LogP contribution in [0.5, 0.6) is 0 Å². The minimum atomic E-state index is -0.413. The molecule has 1 aromatic rings. The highest BCUT2D eigenvalue weighted by Crippen LogP contribution is 2.18. The van der Waals surface area contributed by atoms with Crippen LogP contribution in [0.4, 0.5) is 0 Å². The highest BCUT2D eigenvalue weighted by Gasteiger charge is 2.22. The fourth-order valence-electron chi connectivity index (χ4n) is 1.96. The molecule has 1 heterocycles. The number of aromatic nitrogens is 3. The van der Waals surface area contributed by atoms with E-state index >= 15 is 0 Å². The first-order valence-corrected chi connectivity index (χ1v) is 7.29. The van der Waals surface area contributed by atoms with E-state index in [0.717, 1.165) is 12.1 Å². The van der Waals surface area contributed by atoms with Crippen molar-refractivity contribution in [2.75, 3.05) is 33.5 Å². The van der Waals surface area contributed by atoms with Gasteiger partial charge in [0.15, 0.2) is 5.69 Å². The van der Waals surface area contributed by atoms with Crippen LogP contribution in [0.2, 0.25) is 0 Å². The minimum absolute atomic E-state index is 0.147. The van der Waals surface area contributed by atoms with Gasteiger partial charge in [0.05, 0.1) is 25.5 Å². The van der Waals surface area contributed by atoms with E-state index in [4.69, 9.17) is 14.2 Å². The predicted octanol–water partition coefficient (Wildman–Crippen LogP) is 1.63. The molecule has 21 heavy (non-hydrogen) atoms. The van der Waals surface area contributed by atoms with Gasteiger partial charge in [-0.25, -0.2) is 9.48 Å². The van der Waals surface area contributed by atoms with Gasteiger partial charge in [0, 0.05) is 20.3 Å². The maximum atomic E-state index is 11.9. The number of hydrogen-bond acceptors (Lipinski definition) is 6. The molecule has 0 bridgehead atoms. The van der Waals surface area contributed by atoms with Crippen molar-refractivity contribution in [3.05, 3.63) is 11.4 Å². The zero-order valence-corrected chi connectivity index (χ0v) is 13.3. The van der Waals surface area contributed by atoms with Gasteiger partial charge in [0.1, 0.15) is 0 Å². The number of hydrogen-bond donors (Lipinski definition) is 0. The van der Waals surface area contributed by atoms with Crippen LogP contribution in [0.15, 0.2) is 0 Å². The molecule has 0 radical (unpaired) electrons. The molecule has 0 fully saturated rings. The molecule has 7 heteroatoms. The summed E-state index contributed by atoms with van der Waals surface area (Å²) in [5.41, 5.74) is 1.12. The topological polar surface area (TPSA) is 75.5 Å². The van der Waals surface area contributed by atoms with Crippen LogP contribution >= 0.6 is 0 Å². The van der Waals surface area contributed by atoms with Crippen molar-refractivity contribution in [1.82, 2.24) is 15.0 Å². The van der Waals surface area contributed by atoms with Gasteiger partial charge >= 0.3 is 5.97 Å². The van der Waals surface area contributed by atoms with Gasteiger partial charge in [0.25, 0.3) is 0 Å². The van der Waals surface area contributed by atoms with E-state index in [-0.39, 0.29) is 5.92 Å². The monoisotopic (exact) mass is 299 g/mol. The minimum Gasteiger partial charge on any atom is -0.461 e. The molecule has 0 atom stereocenters. The number of carbonyl (C=O) groups is 1. The Morgan fingerprint density at radius 1 is 1.29 bits per heavy atom. The van der Waals surface area contributed by atoms with Gasteiger partial charge in [-0.15, -0.1) is 5.10 Å². The van der Waals surface area contributed by atoms with Gasteiger partial charge in [-0.05, 0) is 19.3 Å². The molecule has 0 aromatic carbocycles. The molecule has 0 aliphatic rings. The summed E-state index contributed by atoms with van der Waals surface area (Å²) in [5, 5.41) is 8.02. The summed E-state index contributed by atoms with van der Waals surface area (Å²) < 4.78 is 17.1. The van der Waals surface area contributed by atoms with Crippen LogP contribution in [-0.4, -0.2) is 54.5 Å². The van der Waals surface area contributed by atoms with E-state index in [0.29, 0.717) is 38.7 Å². The molecule has 0 aliphatic heterocycles. The maximum Gasteiger partial charge on any atom is 0.360 e. The van der Waals surface area contributed by atoms with Crippen LogP contribution < -0.4 is 0 Å². The first-order valence-electron chi connectivity index (χ1n) is 7.29. The molecule has 1 rings (SSSR count). The molecular weight excluding hydrogens is 274 g/mol. The Morgan fingerprint density at radius 2 is 2.05 bits per heavy atom. The lowest BCUT2D eigenvalue weighted by Crippen LogP contribution is -2.13. The van der Waals surface area contributed by atoms with Crippen LogP contribution in [-0.2, 0) is 20.8 Å². The summed E-state index contributed by atoms with van der Waals surface area (Å²) in [4.78, 5) is 11.9. The fourth-order valence-corrected chi connectivity index (χ4v) is 1.96. The Bertz CT molecular complexity index is 432. The third-order valence-electron chi connectivity index (χ3n) is 2.88. The molecule has 0 amide bonds. The number of ether oxygens (including phenoxy) is 3. The van der Waals surface area contributed by atoms with Crippen molar-refractivity contribution in [2.24, 2.45) is 0 Å². The van der Waals surface area contributed by atoms with E-state index in [1.165, 1.54) is 0 Å². The van der Waals surface area contributed by atoms with Gasteiger partial charge in [-0.2, -0.15) is 0 Å². The number of carbonyl (C=O) groups excluding carboxylic acids is 1. The van der Waals surface area contributed by atoms with E-state index < -0.39 is 5.97 Å². The van der Waals surface area contributed by atoms with Crippen molar-refractivity contribution in [3.63, 3.8) is 0 Å². The zero-order chi connectivity index (χ0) is 15.7. The van der Waals surface area contributed by atoms with Crippen molar-refractivity contribution in [2.45, 2.75) is 39.7 Å². The van der Waals surface area contributed by atoms with Crippen LogP contribution in [0, 0.1) is 0 Å². The Kier molecular flexibility index (Phi) is 7.92. The molecule has 120 valence electrons. The Balaban J connectivity index is 2.59. The average Bonchev–Trinajstić information content (AvgIpc) is 2.87. The van der Waals surface area contributed by atoms with Gasteiger partial charge < -0.3 is 14.2 Å². The summed E-state index contributed by atoms with van der Waals surface area (Å²) in [6.45, 7) is 8.57. The largest absolute Gasteiger partial charge is 0.461 e. The molecule has 0 unspecified atom stereocenters. The number of methoxy groups -OCH3 is 1. The number of esters is 1. The lowest BCUT2D eigenvalue weighted by molar-refractivity contribution is 0.0517. The smallest absolute Gasteiger partial charge is 0.360 e. The van der Waals surface area contributed by atoms with Crippen LogP contribution in [0.1, 0.15) is 49.3 Å². The van der Waals surface area contributed by atoms with Crippen molar-refractivity contribution in [3.8, 4) is 0 Å². The predicted molar refractivity (Wildman–Crippen MR) is 77.4 cm³/mol. The number of rotatable bonds is 10. The van der Waals surface area contributed by atoms with E-state index in [2.05, 4.69) is 10.3 Å². The summed E-state index contributed by atoms with van der Waals surface area (Å²) in [6.07, 6.45) is 0.801. The highest BCUT2D eigenvalue weighted by molar-refractivity contribution is 5.88. The average molecular weight is 299 g/mol. The second-order valence-corrected chi connectivity index (χ2v) is 4.88. The van der Waals surface area contributed by atoms with Crippen molar-refractivity contribution < 1.29 is 19.0 Å². The standard InChI is InChI=1S/C14H25N3O4/c1-5-21-14(18)12-13(11(2)3)17(16-15-12)7-6-8-20-10-9-19-4/h11H,5-10H2,1-4H3. The molecule has 0 aliphatic carbocycles. The molecule has 0 N–H and O–H groups in total.